The first-order chi connectivity index (χ1) is 19.2. The molecule has 4 aromatic rings. The van der Waals surface area contributed by atoms with E-state index in [1.807, 2.05) is 48.7 Å². The predicted molar refractivity (Wildman–Crippen MR) is 148 cm³/mol. The number of nitrogens with one attached hydrogen (secondary N) is 1. The first-order valence-corrected chi connectivity index (χ1v) is 13.4. The van der Waals surface area contributed by atoms with E-state index in [-0.39, 0.29) is 11.7 Å². The smallest absolute Gasteiger partial charge is 0.406 e. The van der Waals surface area contributed by atoms with Crippen LogP contribution in [0.4, 0.5) is 18.9 Å². The molecule has 7 nitrogen and oxygen atoms in total. The van der Waals surface area contributed by atoms with Crippen molar-refractivity contribution in [3.63, 3.8) is 0 Å². The molecule has 0 aliphatic carbocycles. The van der Waals surface area contributed by atoms with Crippen molar-refractivity contribution in [2.24, 2.45) is 0 Å². The monoisotopic (exact) mass is 551 g/mol. The first kappa shape index (κ1) is 27.5. The lowest BCUT2D eigenvalue weighted by Gasteiger charge is -2.36. The van der Waals surface area contributed by atoms with Gasteiger partial charge in [-0.2, -0.15) is 0 Å². The van der Waals surface area contributed by atoms with Gasteiger partial charge in [0.15, 0.2) is 0 Å². The maximum atomic E-state index is 13.1. The number of fused-ring (bicyclic) bond motifs is 1. The molecule has 2 aromatic heterocycles. The number of ether oxygens (including phenoxy) is 1. The van der Waals surface area contributed by atoms with Crippen molar-refractivity contribution in [3.05, 3.63) is 94.9 Å². The average Bonchev–Trinajstić information content (AvgIpc) is 3.30. The lowest BCUT2D eigenvalue weighted by atomic mass is 10.1. The number of carbonyl (C=O) groups excluding carboxylic acids is 1. The number of halogens is 3. The largest absolute Gasteiger partial charge is 0.573 e. The fraction of sp³-hybridized carbons (Fsp3) is 0.333. The molecule has 1 N–H and O–H groups in total. The van der Waals surface area contributed by atoms with Crippen molar-refractivity contribution in [3.8, 4) is 5.75 Å². The molecule has 1 amide bonds. The number of nitrogens with zero attached hydrogens (tertiary/aromatic N) is 4. The van der Waals surface area contributed by atoms with E-state index < -0.39 is 6.36 Å². The number of rotatable bonds is 8. The minimum absolute atomic E-state index is 0.143. The Morgan fingerprint density at radius 3 is 2.30 bits per heavy atom. The molecule has 0 saturated carbocycles. The Balaban J connectivity index is 1.12. The molecule has 3 heterocycles. The fourth-order valence-electron chi connectivity index (χ4n) is 4.99. The number of hydrogen-bond acceptors (Lipinski definition) is 5. The van der Waals surface area contributed by atoms with Gasteiger partial charge in [0.25, 0.3) is 5.91 Å². The normalized spacial score (nSPS) is 14.5. The molecule has 40 heavy (non-hydrogen) atoms. The van der Waals surface area contributed by atoms with Crippen molar-refractivity contribution >= 4 is 17.2 Å². The van der Waals surface area contributed by atoms with Crippen LogP contribution in [0, 0.1) is 6.92 Å². The van der Waals surface area contributed by atoms with E-state index in [1.165, 1.54) is 12.1 Å². The molecule has 0 radical (unpaired) electrons. The SMILES string of the molecule is CCc1nc2cc(C)ccn2c1C(=O)NCc1ccc(N2CCN(Cc3ccc(OC(F)(F)F)cc3)CC2)cc1. The van der Waals surface area contributed by atoms with E-state index in [2.05, 4.69) is 37.0 Å². The summed E-state index contributed by atoms with van der Waals surface area (Å²) in [7, 11) is 0. The Morgan fingerprint density at radius 1 is 0.975 bits per heavy atom. The summed E-state index contributed by atoms with van der Waals surface area (Å²) in [6.07, 6.45) is -2.11. The van der Waals surface area contributed by atoms with Crippen molar-refractivity contribution in [1.82, 2.24) is 19.6 Å². The standard InChI is InChI=1S/C30H32F3N5O2/c1-3-26-28(38-13-12-21(2)18-27(38)35-26)29(39)34-19-22-4-8-24(9-5-22)37-16-14-36(15-17-37)20-23-6-10-25(11-7-23)40-30(31,32)33/h4-13,18H,3,14-17,19-20H2,1-2H3,(H,34,39). The number of pyridine rings is 1. The third kappa shape index (κ3) is 6.56. The van der Waals surface area contributed by atoms with Crippen LogP contribution < -0.4 is 15.0 Å². The van der Waals surface area contributed by atoms with Gasteiger partial charge in [-0.25, -0.2) is 4.98 Å². The van der Waals surface area contributed by atoms with Crippen LogP contribution in [-0.4, -0.2) is 52.7 Å². The minimum atomic E-state index is -4.68. The number of alkyl halides is 3. The molecule has 1 aliphatic rings. The Kier molecular flexibility index (Phi) is 7.97. The van der Waals surface area contributed by atoms with Gasteiger partial charge >= 0.3 is 6.36 Å². The van der Waals surface area contributed by atoms with Crippen molar-refractivity contribution in [1.29, 1.82) is 0 Å². The zero-order valence-corrected chi connectivity index (χ0v) is 22.5. The second-order valence-corrected chi connectivity index (χ2v) is 10.00. The molecule has 0 unspecified atom stereocenters. The maximum absolute atomic E-state index is 13.1. The Hall–Kier alpha value is -4.05. The van der Waals surface area contributed by atoms with E-state index >= 15 is 0 Å². The number of benzene rings is 2. The predicted octanol–water partition coefficient (Wildman–Crippen LogP) is 5.36. The number of aryl methyl sites for hydroxylation is 2. The van der Waals surface area contributed by atoms with Crippen LogP contribution in [0.3, 0.4) is 0 Å². The van der Waals surface area contributed by atoms with Crippen LogP contribution in [0.25, 0.3) is 5.65 Å². The molecule has 10 heteroatoms. The van der Waals surface area contributed by atoms with E-state index in [0.29, 0.717) is 25.2 Å². The van der Waals surface area contributed by atoms with Gasteiger partial charge in [0.05, 0.1) is 5.69 Å². The highest BCUT2D eigenvalue weighted by Gasteiger charge is 2.31. The van der Waals surface area contributed by atoms with Gasteiger partial charge in [0, 0.05) is 51.2 Å². The van der Waals surface area contributed by atoms with Crippen LogP contribution >= 0.6 is 0 Å². The molecule has 1 aliphatic heterocycles. The summed E-state index contributed by atoms with van der Waals surface area (Å²) in [5.74, 6) is -0.351. The second-order valence-electron chi connectivity index (χ2n) is 10.00. The quantitative estimate of drug-likeness (QED) is 0.320. The van der Waals surface area contributed by atoms with Crippen LogP contribution in [0.15, 0.2) is 66.9 Å². The molecular weight excluding hydrogens is 519 g/mol. The van der Waals surface area contributed by atoms with Gasteiger partial charge in [-0.05, 0) is 66.4 Å². The van der Waals surface area contributed by atoms with Gasteiger partial charge < -0.3 is 15.0 Å². The molecule has 210 valence electrons. The molecule has 0 atom stereocenters. The fourth-order valence-corrected chi connectivity index (χ4v) is 4.99. The van der Waals surface area contributed by atoms with E-state index in [0.717, 1.165) is 59.9 Å². The summed E-state index contributed by atoms with van der Waals surface area (Å²) >= 11 is 0. The average molecular weight is 552 g/mol. The molecule has 0 spiro atoms. The first-order valence-electron chi connectivity index (χ1n) is 13.4. The van der Waals surface area contributed by atoms with Crippen LogP contribution in [0.5, 0.6) is 5.75 Å². The zero-order valence-electron chi connectivity index (χ0n) is 22.5. The minimum Gasteiger partial charge on any atom is -0.406 e. The molecule has 1 fully saturated rings. The Labute approximate surface area is 231 Å². The van der Waals surface area contributed by atoms with Gasteiger partial charge in [-0.15, -0.1) is 13.2 Å². The lowest BCUT2D eigenvalue weighted by Crippen LogP contribution is -2.45. The third-order valence-electron chi connectivity index (χ3n) is 7.09. The number of imidazole rings is 1. The maximum Gasteiger partial charge on any atom is 0.573 e. The summed E-state index contributed by atoms with van der Waals surface area (Å²) in [6.45, 7) is 8.48. The summed E-state index contributed by atoms with van der Waals surface area (Å²) in [5.41, 5.74) is 6.31. The number of carbonyl (C=O) groups is 1. The summed E-state index contributed by atoms with van der Waals surface area (Å²) < 4.78 is 42.9. The number of piperazine rings is 1. The van der Waals surface area contributed by atoms with Crippen LogP contribution in [0.1, 0.15) is 39.8 Å². The number of anilines is 1. The lowest BCUT2D eigenvalue weighted by molar-refractivity contribution is -0.274. The number of amides is 1. The van der Waals surface area contributed by atoms with Crippen molar-refractivity contribution in [2.75, 3.05) is 31.1 Å². The highest BCUT2D eigenvalue weighted by Crippen LogP contribution is 2.24. The summed E-state index contributed by atoms with van der Waals surface area (Å²) in [6, 6.07) is 18.2. The molecular formula is C30H32F3N5O2. The topological polar surface area (TPSA) is 62.1 Å². The molecule has 1 saturated heterocycles. The van der Waals surface area contributed by atoms with Crippen LogP contribution in [0.2, 0.25) is 0 Å². The highest BCUT2D eigenvalue weighted by molar-refractivity contribution is 5.94. The second kappa shape index (κ2) is 11.6. The zero-order chi connectivity index (χ0) is 28.3. The highest BCUT2D eigenvalue weighted by atomic mass is 19.4. The number of hydrogen-bond donors (Lipinski definition) is 1. The molecule has 0 bridgehead atoms. The molecule has 5 rings (SSSR count). The Morgan fingerprint density at radius 2 is 1.65 bits per heavy atom. The van der Waals surface area contributed by atoms with Crippen molar-refractivity contribution < 1.29 is 22.7 Å². The van der Waals surface area contributed by atoms with E-state index in [9.17, 15) is 18.0 Å². The van der Waals surface area contributed by atoms with Gasteiger partial charge in [-0.3, -0.25) is 14.1 Å². The van der Waals surface area contributed by atoms with Crippen molar-refractivity contribution in [2.45, 2.75) is 39.7 Å². The van der Waals surface area contributed by atoms with E-state index in [4.69, 9.17) is 0 Å². The summed E-state index contributed by atoms with van der Waals surface area (Å²) in [5, 5.41) is 3.04. The molecule has 2 aromatic carbocycles. The third-order valence-corrected chi connectivity index (χ3v) is 7.09. The Bertz CT molecular complexity index is 1460. The van der Waals surface area contributed by atoms with Gasteiger partial charge in [-0.1, -0.05) is 31.2 Å². The number of aromatic nitrogens is 2. The van der Waals surface area contributed by atoms with Crippen LogP contribution in [-0.2, 0) is 19.5 Å². The van der Waals surface area contributed by atoms with Gasteiger partial charge in [0.2, 0.25) is 0 Å². The van der Waals surface area contributed by atoms with Gasteiger partial charge in [0.1, 0.15) is 17.1 Å². The summed E-state index contributed by atoms with van der Waals surface area (Å²) in [4.78, 5) is 22.3. The van der Waals surface area contributed by atoms with E-state index in [1.54, 1.807) is 12.1 Å².